The van der Waals surface area contributed by atoms with Crippen molar-refractivity contribution in [2.45, 2.75) is 25.8 Å². The van der Waals surface area contributed by atoms with Crippen molar-refractivity contribution in [2.75, 3.05) is 13.2 Å². The molecule has 0 saturated carbocycles. The molecule has 0 aliphatic heterocycles. The Bertz CT molecular complexity index is 235. The third-order valence-electron chi connectivity index (χ3n) is 2.25. The highest BCUT2D eigenvalue weighted by molar-refractivity contribution is 5.14. The molecule has 0 fully saturated rings. The minimum absolute atomic E-state index is 0.214. The molecule has 2 heteroatoms. The number of nitrogens with one attached hydrogen (secondary N) is 1. The first-order valence-corrected chi connectivity index (χ1v) is 5.21. The van der Waals surface area contributed by atoms with Crippen molar-refractivity contribution in [3.8, 4) is 0 Å². The smallest absolute Gasteiger partial charge is 0.0581 e. The minimum Gasteiger partial charge on any atom is -0.395 e. The maximum absolute atomic E-state index is 8.79. The quantitative estimate of drug-likeness (QED) is 0.672. The summed E-state index contributed by atoms with van der Waals surface area (Å²) in [6.07, 6.45) is 2.22. The van der Waals surface area contributed by atoms with E-state index in [9.17, 15) is 0 Å². The Kier molecular flexibility index (Phi) is 5.27. The Hall–Kier alpha value is -0.860. The maximum Gasteiger partial charge on any atom is 0.0581 e. The molecule has 14 heavy (non-hydrogen) atoms. The van der Waals surface area contributed by atoms with Gasteiger partial charge in [-0.3, -0.25) is 0 Å². The topological polar surface area (TPSA) is 32.3 Å². The fourth-order valence-electron chi connectivity index (χ4n) is 1.35. The van der Waals surface area contributed by atoms with E-state index in [1.807, 2.05) is 13.0 Å². The molecular formula is C12H19NO. The van der Waals surface area contributed by atoms with Gasteiger partial charge in [0.1, 0.15) is 0 Å². The molecule has 2 N–H and O–H groups in total. The Labute approximate surface area is 86.0 Å². The zero-order chi connectivity index (χ0) is 10.2. The number of aliphatic hydroxyl groups is 1. The van der Waals surface area contributed by atoms with E-state index in [1.165, 1.54) is 5.56 Å². The minimum atomic E-state index is 0.214. The lowest BCUT2D eigenvalue weighted by atomic mass is 10.1. The van der Waals surface area contributed by atoms with Crippen LogP contribution in [-0.2, 0) is 6.42 Å². The van der Waals surface area contributed by atoms with Crippen LogP contribution >= 0.6 is 0 Å². The summed E-state index contributed by atoms with van der Waals surface area (Å²) in [6.45, 7) is 3.17. The average molecular weight is 193 g/mol. The number of aryl methyl sites for hydroxylation is 1. The van der Waals surface area contributed by atoms with Crippen LogP contribution < -0.4 is 5.32 Å². The monoisotopic (exact) mass is 193 g/mol. The molecular weight excluding hydrogens is 174 g/mol. The van der Waals surface area contributed by atoms with Crippen LogP contribution in [0.25, 0.3) is 0 Å². The van der Waals surface area contributed by atoms with Crippen molar-refractivity contribution in [3.63, 3.8) is 0 Å². The van der Waals surface area contributed by atoms with E-state index >= 15 is 0 Å². The number of benzene rings is 1. The van der Waals surface area contributed by atoms with Crippen molar-refractivity contribution < 1.29 is 5.11 Å². The number of hydrogen-bond donors (Lipinski definition) is 2. The van der Waals surface area contributed by atoms with Gasteiger partial charge < -0.3 is 10.4 Å². The van der Waals surface area contributed by atoms with Crippen LogP contribution in [0.1, 0.15) is 18.9 Å². The summed E-state index contributed by atoms with van der Waals surface area (Å²) in [6, 6.07) is 10.7. The van der Waals surface area contributed by atoms with Crippen molar-refractivity contribution in [1.82, 2.24) is 5.32 Å². The number of rotatable bonds is 6. The zero-order valence-electron chi connectivity index (χ0n) is 8.74. The van der Waals surface area contributed by atoms with Crippen LogP contribution in [0, 0.1) is 0 Å². The van der Waals surface area contributed by atoms with E-state index < -0.39 is 0 Å². The molecule has 0 unspecified atom stereocenters. The van der Waals surface area contributed by atoms with Crippen molar-refractivity contribution in [2.24, 2.45) is 0 Å². The van der Waals surface area contributed by atoms with Crippen LogP contribution in [0.3, 0.4) is 0 Å². The largest absolute Gasteiger partial charge is 0.395 e. The predicted molar refractivity (Wildman–Crippen MR) is 59.3 cm³/mol. The molecule has 0 amide bonds. The van der Waals surface area contributed by atoms with Gasteiger partial charge >= 0.3 is 0 Å². The van der Waals surface area contributed by atoms with E-state index in [0.717, 1.165) is 19.4 Å². The lowest BCUT2D eigenvalue weighted by Gasteiger charge is -2.09. The molecule has 0 radical (unpaired) electrons. The first-order chi connectivity index (χ1) is 6.83. The number of hydrogen-bond acceptors (Lipinski definition) is 2. The van der Waals surface area contributed by atoms with E-state index in [2.05, 4.69) is 29.6 Å². The summed E-state index contributed by atoms with van der Waals surface area (Å²) in [5.74, 6) is 0. The second kappa shape index (κ2) is 6.57. The van der Waals surface area contributed by atoms with Gasteiger partial charge in [-0.1, -0.05) is 30.3 Å². The second-order valence-corrected chi connectivity index (χ2v) is 3.63. The molecule has 2 nitrogen and oxygen atoms in total. The molecule has 0 saturated heterocycles. The van der Waals surface area contributed by atoms with Crippen molar-refractivity contribution >= 4 is 0 Å². The second-order valence-electron chi connectivity index (χ2n) is 3.63. The molecule has 0 aliphatic rings. The Morgan fingerprint density at radius 2 is 2.00 bits per heavy atom. The van der Waals surface area contributed by atoms with Gasteiger partial charge in [-0.25, -0.2) is 0 Å². The molecule has 0 bridgehead atoms. The van der Waals surface area contributed by atoms with Gasteiger partial charge in [-0.05, 0) is 31.9 Å². The summed E-state index contributed by atoms with van der Waals surface area (Å²) >= 11 is 0. The van der Waals surface area contributed by atoms with Gasteiger partial charge in [-0.15, -0.1) is 0 Å². The maximum atomic E-state index is 8.79. The first kappa shape index (κ1) is 11.2. The van der Waals surface area contributed by atoms with Gasteiger partial charge in [-0.2, -0.15) is 0 Å². The molecule has 0 spiro atoms. The first-order valence-electron chi connectivity index (χ1n) is 5.21. The lowest BCUT2D eigenvalue weighted by molar-refractivity contribution is 0.251. The Morgan fingerprint density at radius 1 is 1.29 bits per heavy atom. The van der Waals surface area contributed by atoms with Crippen LogP contribution in [0.5, 0.6) is 0 Å². The Morgan fingerprint density at radius 3 is 2.64 bits per heavy atom. The van der Waals surface area contributed by atoms with Crippen LogP contribution in [0.4, 0.5) is 0 Å². The Balaban J connectivity index is 2.10. The molecule has 1 aromatic carbocycles. The highest BCUT2D eigenvalue weighted by Crippen LogP contribution is 2.01. The fourth-order valence-corrected chi connectivity index (χ4v) is 1.35. The molecule has 0 aromatic heterocycles. The van der Waals surface area contributed by atoms with Crippen molar-refractivity contribution in [3.05, 3.63) is 35.9 Å². The van der Waals surface area contributed by atoms with E-state index in [4.69, 9.17) is 5.11 Å². The van der Waals surface area contributed by atoms with Gasteiger partial charge in [0.15, 0.2) is 0 Å². The zero-order valence-corrected chi connectivity index (χ0v) is 8.74. The predicted octanol–water partition coefficient (Wildman–Crippen LogP) is 1.59. The summed E-state index contributed by atoms with van der Waals surface area (Å²) in [5, 5.41) is 12.0. The normalized spacial score (nSPS) is 12.7. The number of aliphatic hydroxyl groups excluding tert-OH is 1. The van der Waals surface area contributed by atoms with E-state index in [0.29, 0.717) is 0 Å². The molecule has 1 rings (SSSR count). The van der Waals surface area contributed by atoms with E-state index in [1.54, 1.807) is 0 Å². The molecule has 0 heterocycles. The fraction of sp³-hybridized carbons (Fsp3) is 0.500. The highest BCUT2D eigenvalue weighted by Gasteiger charge is 1.97. The van der Waals surface area contributed by atoms with E-state index in [-0.39, 0.29) is 12.6 Å². The third-order valence-corrected chi connectivity index (χ3v) is 2.25. The molecule has 78 valence electrons. The van der Waals surface area contributed by atoms with Gasteiger partial charge in [0, 0.05) is 6.04 Å². The lowest BCUT2D eigenvalue weighted by Crippen LogP contribution is -2.30. The van der Waals surface area contributed by atoms with Crippen LogP contribution in [0.15, 0.2) is 30.3 Å². The molecule has 1 aromatic rings. The average Bonchev–Trinajstić information content (AvgIpc) is 2.25. The standard InChI is InChI=1S/C12H19NO/c1-11(10-14)13-9-5-8-12-6-3-2-4-7-12/h2-4,6-7,11,13-14H,5,8-10H2,1H3/t11-/m0/s1. The van der Waals surface area contributed by atoms with Gasteiger partial charge in [0.05, 0.1) is 6.61 Å². The summed E-state index contributed by atoms with van der Waals surface area (Å²) < 4.78 is 0. The SMILES string of the molecule is C[C@@H](CO)NCCCc1ccccc1. The highest BCUT2D eigenvalue weighted by atomic mass is 16.3. The molecule has 0 aliphatic carbocycles. The van der Waals surface area contributed by atoms with Gasteiger partial charge in [0.25, 0.3) is 0 Å². The summed E-state index contributed by atoms with van der Waals surface area (Å²) in [5.41, 5.74) is 1.38. The third kappa shape index (κ3) is 4.40. The van der Waals surface area contributed by atoms with Gasteiger partial charge in [0.2, 0.25) is 0 Å². The van der Waals surface area contributed by atoms with Crippen molar-refractivity contribution in [1.29, 1.82) is 0 Å². The molecule has 1 atom stereocenters. The summed E-state index contributed by atoms with van der Waals surface area (Å²) in [7, 11) is 0. The van der Waals surface area contributed by atoms with Crippen LogP contribution in [-0.4, -0.2) is 24.3 Å². The summed E-state index contributed by atoms with van der Waals surface area (Å²) in [4.78, 5) is 0. The van der Waals surface area contributed by atoms with Crippen LogP contribution in [0.2, 0.25) is 0 Å².